The third kappa shape index (κ3) is 8.84. The second kappa shape index (κ2) is 12.9. The molecule has 1 saturated heterocycles. The van der Waals surface area contributed by atoms with E-state index in [0.29, 0.717) is 12.1 Å². The van der Waals surface area contributed by atoms with Crippen LogP contribution >= 0.6 is 0 Å². The van der Waals surface area contributed by atoms with Gasteiger partial charge in [-0.2, -0.15) is 0 Å². The molecule has 1 aliphatic rings. The summed E-state index contributed by atoms with van der Waals surface area (Å²) in [6.07, 6.45) is 4.50. The molecule has 0 aromatic heterocycles. The van der Waals surface area contributed by atoms with Crippen LogP contribution in [0.1, 0.15) is 45.2 Å². The summed E-state index contributed by atoms with van der Waals surface area (Å²) in [7, 11) is 4.20. The van der Waals surface area contributed by atoms with Crippen LogP contribution < -0.4 is 10.1 Å². The molecule has 0 bridgehead atoms. The number of likely N-dealkylation sites (tertiary alicyclic amines) is 1. The molecule has 2 atom stereocenters. The van der Waals surface area contributed by atoms with E-state index < -0.39 is 0 Å². The van der Waals surface area contributed by atoms with Crippen LogP contribution in [0.4, 0.5) is 0 Å². The van der Waals surface area contributed by atoms with E-state index in [4.69, 9.17) is 4.74 Å². The van der Waals surface area contributed by atoms with Crippen LogP contribution in [0.5, 0.6) is 5.75 Å². The Morgan fingerprint density at radius 1 is 1.35 bits per heavy atom. The highest BCUT2D eigenvalue weighted by atomic mass is 16.5. The lowest BCUT2D eigenvalue weighted by molar-refractivity contribution is 0.0919. The van der Waals surface area contributed by atoms with Crippen molar-refractivity contribution >= 4 is 0 Å². The highest BCUT2D eigenvalue weighted by Gasteiger charge is 2.20. The maximum Gasteiger partial charge on any atom is 0.119 e. The average molecular weight is 362 g/mol. The van der Waals surface area contributed by atoms with Crippen molar-refractivity contribution in [2.75, 3.05) is 46.8 Å². The van der Waals surface area contributed by atoms with Crippen LogP contribution in [0.15, 0.2) is 36.9 Å². The molecule has 2 unspecified atom stereocenters. The fourth-order valence-corrected chi connectivity index (χ4v) is 3.05. The molecule has 1 aliphatic heterocycles. The normalized spacial score (nSPS) is 18.8. The summed E-state index contributed by atoms with van der Waals surface area (Å²) in [6, 6.07) is 8.97. The first kappa shape index (κ1) is 22.7. The zero-order valence-corrected chi connectivity index (χ0v) is 17.5. The maximum atomic E-state index is 6.17. The third-order valence-electron chi connectivity index (χ3n) is 4.60. The van der Waals surface area contributed by atoms with E-state index in [1.54, 1.807) is 6.08 Å². The van der Waals surface area contributed by atoms with E-state index in [1.165, 1.54) is 24.9 Å². The second-order valence-electron chi connectivity index (χ2n) is 7.23. The van der Waals surface area contributed by atoms with E-state index in [1.807, 2.05) is 6.92 Å². The Balaban J connectivity index is 0.00000105. The van der Waals surface area contributed by atoms with Gasteiger partial charge in [0, 0.05) is 25.7 Å². The highest BCUT2D eigenvalue weighted by Crippen LogP contribution is 2.21. The molecule has 0 aliphatic carbocycles. The molecule has 0 amide bonds. The average Bonchev–Trinajstić information content (AvgIpc) is 2.63. The van der Waals surface area contributed by atoms with Gasteiger partial charge in [-0.25, -0.2) is 0 Å². The van der Waals surface area contributed by atoms with Crippen LogP contribution in [0, 0.1) is 0 Å². The van der Waals surface area contributed by atoms with Crippen LogP contribution in [-0.4, -0.2) is 62.7 Å². The van der Waals surface area contributed by atoms with Gasteiger partial charge in [-0.05, 0) is 71.6 Å². The molecule has 1 heterocycles. The van der Waals surface area contributed by atoms with E-state index in [-0.39, 0.29) is 0 Å². The predicted molar refractivity (Wildman–Crippen MR) is 113 cm³/mol. The number of allylic oxidation sites excluding steroid dienone is 1. The first-order valence-corrected chi connectivity index (χ1v) is 9.94. The summed E-state index contributed by atoms with van der Waals surface area (Å²) < 4.78 is 6.17. The molecule has 0 radical (unpaired) electrons. The molecular formula is C22H39N3O. The van der Waals surface area contributed by atoms with Gasteiger partial charge < -0.3 is 15.0 Å². The van der Waals surface area contributed by atoms with Crippen molar-refractivity contribution in [2.24, 2.45) is 0 Å². The Hall–Kier alpha value is -1.36. The number of piperidine rings is 1. The molecule has 26 heavy (non-hydrogen) atoms. The second-order valence-corrected chi connectivity index (χ2v) is 7.23. The van der Waals surface area contributed by atoms with Gasteiger partial charge >= 0.3 is 0 Å². The van der Waals surface area contributed by atoms with Crippen molar-refractivity contribution in [3.8, 4) is 5.75 Å². The monoisotopic (exact) mass is 361 g/mol. The molecule has 1 N–H and O–H groups in total. The summed E-state index contributed by atoms with van der Waals surface area (Å²) in [5, 5.41) is 3.56. The fourth-order valence-electron chi connectivity index (χ4n) is 3.05. The Bertz CT molecular complexity index is 487. The van der Waals surface area contributed by atoms with E-state index in [2.05, 4.69) is 73.9 Å². The van der Waals surface area contributed by atoms with Gasteiger partial charge in [0.15, 0.2) is 0 Å². The topological polar surface area (TPSA) is 27.7 Å². The minimum atomic E-state index is 0.338. The van der Waals surface area contributed by atoms with Crippen molar-refractivity contribution in [3.05, 3.63) is 42.5 Å². The highest BCUT2D eigenvalue weighted by molar-refractivity contribution is 5.29. The Morgan fingerprint density at radius 3 is 2.58 bits per heavy atom. The lowest BCUT2D eigenvalue weighted by Gasteiger charge is -2.32. The van der Waals surface area contributed by atoms with Crippen molar-refractivity contribution in [1.29, 1.82) is 0 Å². The van der Waals surface area contributed by atoms with Gasteiger partial charge in [0.25, 0.3) is 0 Å². The Kier molecular flexibility index (Phi) is 11.3. The first-order chi connectivity index (χ1) is 12.5. The van der Waals surface area contributed by atoms with Crippen LogP contribution in [-0.2, 0) is 0 Å². The van der Waals surface area contributed by atoms with Gasteiger partial charge in [0.05, 0.1) is 0 Å². The van der Waals surface area contributed by atoms with Crippen LogP contribution in [0.2, 0.25) is 0 Å². The number of likely N-dealkylation sites (N-methyl/N-ethyl adjacent to an activating group) is 2. The van der Waals surface area contributed by atoms with Gasteiger partial charge in [-0.15, -0.1) is 6.58 Å². The molecule has 1 aromatic carbocycles. The standard InChI is InChI=1S/C19H33N3O.C3H6/c1-5-22-13-6-7-19(15-22)23-18-10-8-17(9-11-18)16(2)20-12-14-21(3)4;1-3-2/h8-11,16,19-20H,5-7,12-15H2,1-4H3;3H,1H2,2H3. The summed E-state index contributed by atoms with van der Waals surface area (Å²) in [6.45, 7) is 15.1. The Morgan fingerprint density at radius 2 is 2.00 bits per heavy atom. The molecule has 4 nitrogen and oxygen atoms in total. The first-order valence-electron chi connectivity index (χ1n) is 9.94. The van der Waals surface area contributed by atoms with Crippen molar-refractivity contribution in [1.82, 2.24) is 15.1 Å². The molecule has 1 aromatic rings. The molecule has 4 heteroatoms. The summed E-state index contributed by atoms with van der Waals surface area (Å²) in [4.78, 5) is 4.67. The number of hydrogen-bond donors (Lipinski definition) is 1. The Labute approximate surface area is 161 Å². The molecular weight excluding hydrogens is 322 g/mol. The van der Waals surface area contributed by atoms with Gasteiger partial charge in [0.1, 0.15) is 11.9 Å². The quantitative estimate of drug-likeness (QED) is 0.710. The number of ether oxygens (including phenoxy) is 1. The summed E-state index contributed by atoms with van der Waals surface area (Å²) in [5.74, 6) is 0.997. The minimum Gasteiger partial charge on any atom is -0.489 e. The van der Waals surface area contributed by atoms with Gasteiger partial charge in [0.2, 0.25) is 0 Å². The smallest absolute Gasteiger partial charge is 0.119 e. The maximum absolute atomic E-state index is 6.17. The van der Waals surface area contributed by atoms with E-state index >= 15 is 0 Å². The minimum absolute atomic E-state index is 0.338. The molecule has 0 saturated carbocycles. The van der Waals surface area contributed by atoms with E-state index in [9.17, 15) is 0 Å². The van der Waals surface area contributed by atoms with Gasteiger partial charge in [-0.1, -0.05) is 25.1 Å². The fraction of sp³-hybridized carbons (Fsp3) is 0.636. The largest absolute Gasteiger partial charge is 0.489 e. The lowest BCUT2D eigenvalue weighted by atomic mass is 10.1. The molecule has 0 spiro atoms. The third-order valence-corrected chi connectivity index (χ3v) is 4.60. The van der Waals surface area contributed by atoms with Gasteiger partial charge in [-0.3, -0.25) is 4.90 Å². The zero-order chi connectivity index (χ0) is 19.4. The van der Waals surface area contributed by atoms with Crippen molar-refractivity contribution < 1.29 is 4.74 Å². The van der Waals surface area contributed by atoms with Crippen LogP contribution in [0.3, 0.4) is 0 Å². The molecule has 1 fully saturated rings. The predicted octanol–water partition coefficient (Wildman–Crippen LogP) is 3.95. The van der Waals surface area contributed by atoms with Crippen molar-refractivity contribution in [3.63, 3.8) is 0 Å². The number of hydrogen-bond acceptors (Lipinski definition) is 4. The van der Waals surface area contributed by atoms with E-state index in [0.717, 1.165) is 31.9 Å². The van der Waals surface area contributed by atoms with Crippen molar-refractivity contribution in [2.45, 2.75) is 45.8 Å². The summed E-state index contributed by atoms with van der Waals surface area (Å²) in [5.41, 5.74) is 1.31. The SMILES string of the molecule is C=CC.CCN1CCCC(Oc2ccc(C(C)NCCN(C)C)cc2)C1. The molecule has 148 valence electrons. The number of nitrogens with zero attached hydrogens (tertiary/aromatic N) is 2. The summed E-state index contributed by atoms with van der Waals surface area (Å²) >= 11 is 0. The lowest BCUT2D eigenvalue weighted by Crippen LogP contribution is -2.40. The van der Waals surface area contributed by atoms with Crippen LogP contribution in [0.25, 0.3) is 0 Å². The number of rotatable bonds is 8. The number of benzene rings is 1. The molecule has 2 rings (SSSR count). The number of nitrogens with one attached hydrogen (secondary N) is 1. The zero-order valence-electron chi connectivity index (χ0n) is 17.5.